The lowest BCUT2D eigenvalue weighted by atomic mass is 10.1. The Morgan fingerprint density at radius 3 is 2.42 bits per heavy atom. The van der Waals surface area contributed by atoms with Crippen molar-refractivity contribution in [3.8, 4) is 33.6 Å². The van der Waals surface area contributed by atoms with Crippen LogP contribution in [-0.2, 0) is 7.05 Å². The highest BCUT2D eigenvalue weighted by Gasteiger charge is 2.26. The zero-order valence-corrected chi connectivity index (χ0v) is 17.8. The molecule has 0 aliphatic carbocycles. The number of piperidine rings is 1. The first-order valence-corrected chi connectivity index (χ1v) is 9.98. The molecular weight excluding hydrogens is 417 g/mol. The largest absolute Gasteiger partial charge is 0.314 e. The number of rotatable bonds is 4. The first kappa shape index (κ1) is 21.1. The molecule has 1 aromatic carbocycles. The van der Waals surface area contributed by atoms with E-state index < -0.39 is 6.17 Å². The number of halogens is 2. The van der Waals surface area contributed by atoms with Gasteiger partial charge in [-0.1, -0.05) is 18.2 Å². The molecule has 160 valence electrons. The number of alkyl halides is 1. The van der Waals surface area contributed by atoms with Gasteiger partial charge in [-0.05, 0) is 24.6 Å². The number of nitrogens with zero attached hydrogens (tertiary/aromatic N) is 6. The molecule has 4 heterocycles. The highest BCUT2D eigenvalue weighted by atomic mass is 35.5. The van der Waals surface area contributed by atoms with Gasteiger partial charge in [0.05, 0.1) is 18.4 Å². The summed E-state index contributed by atoms with van der Waals surface area (Å²) in [7, 11) is 1.90. The van der Waals surface area contributed by atoms with Crippen molar-refractivity contribution in [3.63, 3.8) is 0 Å². The summed E-state index contributed by atoms with van der Waals surface area (Å²) in [4.78, 5) is 9.10. The van der Waals surface area contributed by atoms with E-state index in [0.29, 0.717) is 12.4 Å². The maximum absolute atomic E-state index is 14.2. The minimum Gasteiger partial charge on any atom is -0.314 e. The van der Waals surface area contributed by atoms with E-state index in [-0.39, 0.29) is 18.4 Å². The third-order valence-corrected chi connectivity index (χ3v) is 5.46. The molecule has 5 rings (SSSR count). The minimum atomic E-state index is -0.933. The Hall–Kier alpha value is -3.10. The molecule has 2 atom stereocenters. The molecule has 9 heteroatoms. The molecule has 1 fully saturated rings. The molecule has 0 bridgehead atoms. The van der Waals surface area contributed by atoms with Gasteiger partial charge in [-0.3, -0.25) is 9.36 Å². The normalized spacial score (nSPS) is 18.5. The third-order valence-electron chi connectivity index (χ3n) is 5.46. The van der Waals surface area contributed by atoms with Gasteiger partial charge < -0.3 is 5.32 Å². The van der Waals surface area contributed by atoms with Crippen LogP contribution in [0.15, 0.2) is 61.4 Å². The molecule has 1 N–H and O–H groups in total. The fraction of sp³-hybridized carbons (Fsp3) is 0.273. The van der Waals surface area contributed by atoms with Crippen molar-refractivity contribution in [3.05, 3.63) is 61.4 Å². The van der Waals surface area contributed by atoms with Crippen LogP contribution in [0.4, 0.5) is 4.39 Å². The van der Waals surface area contributed by atoms with Crippen LogP contribution in [0.25, 0.3) is 33.6 Å². The van der Waals surface area contributed by atoms with Crippen molar-refractivity contribution >= 4 is 12.4 Å². The minimum absolute atomic E-state index is 0. The molecule has 0 spiro atoms. The van der Waals surface area contributed by atoms with Crippen molar-refractivity contribution in [2.45, 2.75) is 18.6 Å². The summed E-state index contributed by atoms with van der Waals surface area (Å²) < 4.78 is 17.7. The second-order valence-corrected chi connectivity index (χ2v) is 7.56. The zero-order valence-electron chi connectivity index (χ0n) is 17.0. The SMILES string of the molecule is Cl.Cn1cc(-c2cccc(-c3ncc(-c4cnn([C@H]5CCNC[C@@H]5F)c4)cn3)c2)cn1. The Kier molecular flexibility index (Phi) is 6.11. The predicted molar refractivity (Wildman–Crippen MR) is 120 cm³/mol. The van der Waals surface area contributed by atoms with Gasteiger partial charge in [0.25, 0.3) is 0 Å². The molecule has 31 heavy (non-hydrogen) atoms. The number of hydrogen-bond donors (Lipinski definition) is 1. The van der Waals surface area contributed by atoms with E-state index in [1.54, 1.807) is 28.0 Å². The van der Waals surface area contributed by atoms with E-state index >= 15 is 0 Å². The van der Waals surface area contributed by atoms with E-state index in [4.69, 9.17) is 0 Å². The van der Waals surface area contributed by atoms with Crippen LogP contribution in [0.2, 0.25) is 0 Å². The maximum atomic E-state index is 14.2. The summed E-state index contributed by atoms with van der Waals surface area (Å²) in [6.45, 7) is 1.17. The smallest absolute Gasteiger partial charge is 0.159 e. The van der Waals surface area contributed by atoms with Crippen molar-refractivity contribution in [1.29, 1.82) is 0 Å². The van der Waals surface area contributed by atoms with Gasteiger partial charge in [0.2, 0.25) is 0 Å². The number of aryl methyl sites for hydroxylation is 1. The highest BCUT2D eigenvalue weighted by molar-refractivity contribution is 5.85. The first-order valence-electron chi connectivity index (χ1n) is 9.98. The molecule has 0 amide bonds. The van der Waals surface area contributed by atoms with Gasteiger partial charge in [-0.25, -0.2) is 14.4 Å². The lowest BCUT2D eigenvalue weighted by molar-refractivity contribution is 0.173. The van der Waals surface area contributed by atoms with E-state index in [9.17, 15) is 4.39 Å². The fourth-order valence-electron chi connectivity index (χ4n) is 3.81. The maximum Gasteiger partial charge on any atom is 0.159 e. The van der Waals surface area contributed by atoms with Gasteiger partial charge >= 0.3 is 0 Å². The van der Waals surface area contributed by atoms with Crippen LogP contribution in [-0.4, -0.2) is 48.8 Å². The Labute approximate surface area is 185 Å². The van der Waals surface area contributed by atoms with Gasteiger partial charge in [0.1, 0.15) is 6.17 Å². The molecule has 1 aliphatic rings. The average molecular weight is 440 g/mol. The zero-order chi connectivity index (χ0) is 20.5. The summed E-state index contributed by atoms with van der Waals surface area (Å²) in [5, 5.41) is 11.7. The van der Waals surface area contributed by atoms with Gasteiger partial charge in [0.15, 0.2) is 5.82 Å². The summed E-state index contributed by atoms with van der Waals surface area (Å²) in [5.74, 6) is 0.652. The second-order valence-electron chi connectivity index (χ2n) is 7.56. The predicted octanol–water partition coefficient (Wildman–Crippen LogP) is 3.70. The average Bonchev–Trinajstić information content (AvgIpc) is 3.44. The Balaban J connectivity index is 0.00000231. The van der Waals surface area contributed by atoms with Crippen LogP contribution in [0.5, 0.6) is 0 Å². The third kappa shape index (κ3) is 4.35. The first-order chi connectivity index (χ1) is 14.7. The van der Waals surface area contributed by atoms with Crippen LogP contribution < -0.4 is 5.32 Å². The molecule has 0 radical (unpaired) electrons. The Bertz CT molecular complexity index is 1150. The number of benzene rings is 1. The lowest BCUT2D eigenvalue weighted by Crippen LogP contribution is -2.39. The molecule has 0 saturated carbocycles. The Morgan fingerprint density at radius 1 is 0.935 bits per heavy atom. The molecule has 1 saturated heterocycles. The fourth-order valence-corrected chi connectivity index (χ4v) is 3.81. The Morgan fingerprint density at radius 2 is 1.68 bits per heavy atom. The molecule has 1 aliphatic heterocycles. The monoisotopic (exact) mass is 439 g/mol. The van der Waals surface area contributed by atoms with Crippen LogP contribution in [0.3, 0.4) is 0 Å². The van der Waals surface area contributed by atoms with Crippen LogP contribution >= 0.6 is 12.4 Å². The van der Waals surface area contributed by atoms with Gasteiger partial charge in [-0.2, -0.15) is 10.2 Å². The summed E-state index contributed by atoms with van der Waals surface area (Å²) in [6.07, 6.45) is 10.8. The van der Waals surface area contributed by atoms with Gasteiger partial charge in [0, 0.05) is 60.6 Å². The highest BCUT2D eigenvalue weighted by Crippen LogP contribution is 2.27. The molecule has 7 nitrogen and oxygen atoms in total. The molecular formula is C22H23ClFN7. The van der Waals surface area contributed by atoms with Crippen LogP contribution in [0, 0.1) is 0 Å². The van der Waals surface area contributed by atoms with Crippen molar-refractivity contribution in [2.24, 2.45) is 7.05 Å². The summed E-state index contributed by atoms with van der Waals surface area (Å²) in [6, 6.07) is 7.86. The summed E-state index contributed by atoms with van der Waals surface area (Å²) in [5.41, 5.74) is 4.80. The lowest BCUT2D eigenvalue weighted by Gasteiger charge is -2.26. The van der Waals surface area contributed by atoms with Crippen molar-refractivity contribution in [1.82, 2.24) is 34.8 Å². The number of aromatic nitrogens is 6. The van der Waals surface area contributed by atoms with E-state index in [1.165, 1.54) is 0 Å². The van der Waals surface area contributed by atoms with E-state index in [2.05, 4.69) is 31.5 Å². The quantitative estimate of drug-likeness (QED) is 0.525. The molecule has 4 aromatic rings. The van der Waals surface area contributed by atoms with E-state index in [1.807, 2.05) is 43.8 Å². The number of hydrogen-bond acceptors (Lipinski definition) is 5. The standard InChI is InChI=1S/C22H22FN7.ClH/c1-29-13-18(10-27-29)15-3-2-4-16(7-15)22-25-8-17(9-26-22)19-11-28-30(14-19)21-5-6-24-12-20(21)23;/h2-4,7-11,13-14,20-21,24H,5-6,12H2,1H3;1H/t20-,21-;/m0./s1. The van der Waals surface area contributed by atoms with Gasteiger partial charge in [-0.15, -0.1) is 12.4 Å². The number of nitrogens with one attached hydrogen (secondary N) is 1. The topological polar surface area (TPSA) is 73.5 Å². The van der Waals surface area contributed by atoms with Crippen LogP contribution in [0.1, 0.15) is 12.5 Å². The summed E-state index contributed by atoms with van der Waals surface area (Å²) >= 11 is 0. The van der Waals surface area contributed by atoms with E-state index in [0.717, 1.165) is 40.8 Å². The second kappa shape index (κ2) is 8.95. The molecule has 0 unspecified atom stereocenters. The van der Waals surface area contributed by atoms with Crippen molar-refractivity contribution in [2.75, 3.05) is 13.1 Å². The van der Waals surface area contributed by atoms with Crippen molar-refractivity contribution < 1.29 is 4.39 Å². The molecule has 3 aromatic heterocycles.